The van der Waals surface area contributed by atoms with E-state index in [0.717, 1.165) is 13.1 Å². The van der Waals surface area contributed by atoms with Crippen molar-refractivity contribution < 1.29 is 0 Å². The quantitative estimate of drug-likeness (QED) is 0.504. The monoisotopic (exact) mass is 253 g/mol. The Labute approximate surface area is 111 Å². The van der Waals surface area contributed by atoms with Gasteiger partial charge in [0.1, 0.15) is 0 Å². The Morgan fingerprint density at radius 1 is 1.06 bits per heavy atom. The number of rotatable bonds is 9. The van der Waals surface area contributed by atoms with E-state index in [2.05, 4.69) is 24.4 Å². The van der Waals surface area contributed by atoms with Crippen LogP contribution in [0.1, 0.15) is 50.0 Å². The summed E-state index contributed by atoms with van der Waals surface area (Å²) in [6, 6.07) is 10.3. The van der Waals surface area contributed by atoms with Gasteiger partial charge in [0, 0.05) is 6.54 Å². The van der Waals surface area contributed by atoms with Gasteiger partial charge in [0.2, 0.25) is 0 Å². The van der Waals surface area contributed by atoms with E-state index in [-0.39, 0.29) is 5.38 Å². The number of alkyl halides is 1. The summed E-state index contributed by atoms with van der Waals surface area (Å²) >= 11 is 6.31. The molecule has 0 aliphatic carbocycles. The van der Waals surface area contributed by atoms with Gasteiger partial charge in [-0.05, 0) is 18.5 Å². The van der Waals surface area contributed by atoms with Crippen LogP contribution in [0, 0.1) is 0 Å². The van der Waals surface area contributed by atoms with Crippen molar-refractivity contribution in [2.24, 2.45) is 0 Å². The van der Waals surface area contributed by atoms with Crippen molar-refractivity contribution in [3.8, 4) is 0 Å². The minimum Gasteiger partial charge on any atom is -0.315 e. The van der Waals surface area contributed by atoms with Gasteiger partial charge in [0.15, 0.2) is 0 Å². The summed E-state index contributed by atoms with van der Waals surface area (Å²) in [4.78, 5) is 0. The molecule has 1 unspecified atom stereocenters. The zero-order valence-electron chi connectivity index (χ0n) is 10.8. The summed E-state index contributed by atoms with van der Waals surface area (Å²) in [6.07, 6.45) is 6.63. The first-order valence-corrected chi connectivity index (χ1v) is 7.18. The van der Waals surface area contributed by atoms with Crippen LogP contribution in [-0.4, -0.2) is 13.1 Å². The molecule has 1 aromatic rings. The minimum absolute atomic E-state index is 0.0897. The third-order valence-electron chi connectivity index (χ3n) is 2.94. The predicted octanol–water partition coefficient (Wildman–Crippen LogP) is 4.53. The van der Waals surface area contributed by atoms with Crippen molar-refractivity contribution in [1.29, 1.82) is 0 Å². The Kier molecular flexibility index (Phi) is 8.12. The largest absolute Gasteiger partial charge is 0.315 e. The molecule has 1 aromatic carbocycles. The summed E-state index contributed by atoms with van der Waals surface area (Å²) in [6.45, 7) is 4.19. The van der Waals surface area contributed by atoms with Gasteiger partial charge in [-0.1, -0.05) is 62.9 Å². The topological polar surface area (TPSA) is 12.0 Å². The molecule has 2 heteroatoms. The summed E-state index contributed by atoms with van der Waals surface area (Å²) in [7, 11) is 0. The Bertz CT molecular complexity index is 274. The van der Waals surface area contributed by atoms with Gasteiger partial charge in [-0.2, -0.15) is 0 Å². The Hall–Kier alpha value is -0.530. The van der Waals surface area contributed by atoms with E-state index >= 15 is 0 Å². The predicted molar refractivity (Wildman–Crippen MR) is 76.7 cm³/mol. The number of hydrogen-bond acceptors (Lipinski definition) is 1. The van der Waals surface area contributed by atoms with Crippen LogP contribution in [0.15, 0.2) is 30.3 Å². The van der Waals surface area contributed by atoms with Gasteiger partial charge in [0.25, 0.3) is 0 Å². The zero-order valence-corrected chi connectivity index (χ0v) is 11.5. The molecule has 1 nitrogen and oxygen atoms in total. The maximum atomic E-state index is 6.31. The highest BCUT2D eigenvalue weighted by Gasteiger charge is 2.05. The SMILES string of the molecule is CCCCCCCNCC(Cl)c1ccccc1. The fourth-order valence-electron chi connectivity index (χ4n) is 1.86. The maximum Gasteiger partial charge on any atom is 0.0709 e. The van der Waals surface area contributed by atoms with Gasteiger partial charge in [0.05, 0.1) is 5.38 Å². The highest BCUT2D eigenvalue weighted by molar-refractivity contribution is 6.21. The standard InChI is InChI=1S/C15H24ClN/c1-2-3-4-5-9-12-17-13-15(16)14-10-7-6-8-11-14/h6-8,10-11,15,17H,2-5,9,12-13H2,1H3. The van der Waals surface area contributed by atoms with E-state index in [9.17, 15) is 0 Å². The molecular weight excluding hydrogens is 230 g/mol. The van der Waals surface area contributed by atoms with E-state index in [0.29, 0.717) is 0 Å². The van der Waals surface area contributed by atoms with Crippen LogP contribution in [0.5, 0.6) is 0 Å². The van der Waals surface area contributed by atoms with E-state index in [1.54, 1.807) is 0 Å². The molecule has 0 fully saturated rings. The molecule has 1 N–H and O–H groups in total. The molecule has 96 valence electrons. The molecule has 0 aromatic heterocycles. The van der Waals surface area contributed by atoms with Crippen molar-refractivity contribution in [2.45, 2.75) is 44.4 Å². The molecule has 0 spiro atoms. The van der Waals surface area contributed by atoms with Crippen LogP contribution in [0.4, 0.5) is 0 Å². The highest BCUT2D eigenvalue weighted by atomic mass is 35.5. The molecule has 0 saturated carbocycles. The van der Waals surface area contributed by atoms with Gasteiger partial charge >= 0.3 is 0 Å². The second kappa shape index (κ2) is 9.49. The smallest absolute Gasteiger partial charge is 0.0709 e. The molecule has 1 rings (SSSR count). The first-order chi connectivity index (χ1) is 8.34. The number of halogens is 1. The number of unbranched alkanes of at least 4 members (excludes halogenated alkanes) is 4. The van der Waals surface area contributed by atoms with Gasteiger partial charge in [-0.3, -0.25) is 0 Å². The van der Waals surface area contributed by atoms with Gasteiger partial charge in [-0.25, -0.2) is 0 Å². The molecule has 0 aliphatic heterocycles. The second-order valence-electron chi connectivity index (χ2n) is 4.50. The van der Waals surface area contributed by atoms with Gasteiger partial charge < -0.3 is 5.32 Å². The number of benzene rings is 1. The molecule has 1 atom stereocenters. The van der Waals surface area contributed by atoms with Crippen LogP contribution in [0.25, 0.3) is 0 Å². The molecule has 0 saturated heterocycles. The highest BCUT2D eigenvalue weighted by Crippen LogP contribution is 2.18. The van der Waals surface area contributed by atoms with Crippen LogP contribution in [0.3, 0.4) is 0 Å². The summed E-state index contributed by atoms with van der Waals surface area (Å²) < 4.78 is 0. The van der Waals surface area contributed by atoms with E-state index in [4.69, 9.17) is 11.6 Å². The Morgan fingerprint density at radius 2 is 1.76 bits per heavy atom. The van der Waals surface area contributed by atoms with Crippen LogP contribution in [-0.2, 0) is 0 Å². The molecule has 0 aliphatic rings. The lowest BCUT2D eigenvalue weighted by atomic mass is 10.1. The molecule has 0 amide bonds. The molecule has 0 bridgehead atoms. The zero-order chi connectivity index (χ0) is 12.3. The van der Waals surface area contributed by atoms with E-state index < -0.39 is 0 Å². The van der Waals surface area contributed by atoms with Crippen LogP contribution in [0.2, 0.25) is 0 Å². The molecule has 0 heterocycles. The van der Waals surface area contributed by atoms with Crippen LogP contribution < -0.4 is 5.32 Å². The minimum atomic E-state index is 0.0897. The van der Waals surface area contributed by atoms with Crippen molar-refractivity contribution in [1.82, 2.24) is 5.32 Å². The van der Waals surface area contributed by atoms with Crippen molar-refractivity contribution in [2.75, 3.05) is 13.1 Å². The first-order valence-electron chi connectivity index (χ1n) is 6.74. The molecular formula is C15H24ClN. The second-order valence-corrected chi connectivity index (χ2v) is 5.02. The third kappa shape index (κ3) is 6.70. The number of nitrogens with one attached hydrogen (secondary N) is 1. The average Bonchev–Trinajstić information content (AvgIpc) is 2.38. The maximum absolute atomic E-state index is 6.31. The van der Waals surface area contributed by atoms with Crippen molar-refractivity contribution in [3.63, 3.8) is 0 Å². The van der Waals surface area contributed by atoms with Gasteiger partial charge in [-0.15, -0.1) is 11.6 Å². The van der Waals surface area contributed by atoms with E-state index in [1.807, 2.05) is 18.2 Å². The lowest BCUT2D eigenvalue weighted by Gasteiger charge is -2.11. The first kappa shape index (κ1) is 14.5. The Morgan fingerprint density at radius 3 is 2.47 bits per heavy atom. The fraction of sp³-hybridized carbons (Fsp3) is 0.600. The van der Waals surface area contributed by atoms with Crippen molar-refractivity contribution in [3.05, 3.63) is 35.9 Å². The lowest BCUT2D eigenvalue weighted by Crippen LogP contribution is -2.20. The average molecular weight is 254 g/mol. The summed E-state index contributed by atoms with van der Waals surface area (Å²) in [5, 5.41) is 3.52. The van der Waals surface area contributed by atoms with E-state index in [1.165, 1.54) is 37.7 Å². The summed E-state index contributed by atoms with van der Waals surface area (Å²) in [5.41, 5.74) is 1.20. The molecule has 17 heavy (non-hydrogen) atoms. The van der Waals surface area contributed by atoms with Crippen molar-refractivity contribution >= 4 is 11.6 Å². The fourth-order valence-corrected chi connectivity index (χ4v) is 2.12. The Balaban J connectivity index is 2.03. The van der Waals surface area contributed by atoms with Crippen LogP contribution >= 0.6 is 11.6 Å². The summed E-state index contributed by atoms with van der Waals surface area (Å²) in [5.74, 6) is 0. The normalized spacial score (nSPS) is 12.6. The molecule has 0 radical (unpaired) electrons. The third-order valence-corrected chi connectivity index (χ3v) is 3.35. The lowest BCUT2D eigenvalue weighted by molar-refractivity contribution is 0.581. The number of hydrogen-bond donors (Lipinski definition) is 1.